The van der Waals surface area contributed by atoms with Crippen LogP contribution in [-0.2, 0) is 13.1 Å². The Bertz CT molecular complexity index is 900. The fourth-order valence-corrected chi connectivity index (χ4v) is 3.11. The molecule has 0 aliphatic heterocycles. The fraction of sp³-hybridized carbons (Fsp3) is 0.217. The van der Waals surface area contributed by atoms with Crippen molar-refractivity contribution in [2.24, 2.45) is 0 Å². The summed E-state index contributed by atoms with van der Waals surface area (Å²) < 4.78 is 10.8. The van der Waals surface area contributed by atoms with E-state index >= 15 is 0 Å². The third kappa shape index (κ3) is 6.19. The molecule has 150 valence electrons. The summed E-state index contributed by atoms with van der Waals surface area (Å²) in [6.07, 6.45) is 3.63. The predicted molar refractivity (Wildman–Crippen MR) is 120 cm³/mol. The molecule has 5 nitrogen and oxygen atoms in total. The minimum atomic E-state index is 0.646. The SMILES string of the molecule is CCOc1ccc(CN(Cc2cccnc2)C(=S)Nc2ccc(OC)cc2)cc1. The quantitative estimate of drug-likeness (QED) is 0.537. The van der Waals surface area contributed by atoms with Gasteiger partial charge in [0.2, 0.25) is 0 Å². The number of ether oxygens (including phenoxy) is 2. The number of hydrogen-bond donors (Lipinski definition) is 1. The highest BCUT2D eigenvalue weighted by Crippen LogP contribution is 2.18. The molecule has 0 aliphatic carbocycles. The van der Waals surface area contributed by atoms with E-state index in [2.05, 4.69) is 27.3 Å². The first-order valence-electron chi connectivity index (χ1n) is 9.48. The largest absolute Gasteiger partial charge is 0.497 e. The highest BCUT2D eigenvalue weighted by molar-refractivity contribution is 7.80. The number of hydrogen-bond acceptors (Lipinski definition) is 4. The molecule has 3 rings (SSSR count). The van der Waals surface area contributed by atoms with Gasteiger partial charge in [0.15, 0.2) is 5.11 Å². The van der Waals surface area contributed by atoms with E-state index in [1.54, 1.807) is 13.3 Å². The van der Waals surface area contributed by atoms with Gasteiger partial charge in [0.25, 0.3) is 0 Å². The van der Waals surface area contributed by atoms with Crippen molar-refractivity contribution >= 4 is 23.0 Å². The van der Waals surface area contributed by atoms with Crippen molar-refractivity contribution in [1.29, 1.82) is 0 Å². The lowest BCUT2D eigenvalue weighted by Crippen LogP contribution is -2.33. The zero-order valence-corrected chi connectivity index (χ0v) is 17.5. The van der Waals surface area contributed by atoms with Gasteiger partial charge in [0.05, 0.1) is 13.7 Å². The monoisotopic (exact) mass is 407 g/mol. The second kappa shape index (κ2) is 10.4. The lowest BCUT2D eigenvalue weighted by molar-refractivity contribution is 0.340. The van der Waals surface area contributed by atoms with E-state index in [1.807, 2.05) is 61.7 Å². The van der Waals surface area contributed by atoms with Crippen molar-refractivity contribution in [3.05, 3.63) is 84.2 Å². The summed E-state index contributed by atoms with van der Waals surface area (Å²) in [5, 5.41) is 3.97. The maximum atomic E-state index is 5.72. The molecule has 1 heterocycles. The van der Waals surface area contributed by atoms with Crippen molar-refractivity contribution in [3.8, 4) is 11.5 Å². The minimum absolute atomic E-state index is 0.646. The maximum absolute atomic E-state index is 5.72. The van der Waals surface area contributed by atoms with Crippen molar-refractivity contribution < 1.29 is 9.47 Å². The average Bonchev–Trinajstić information content (AvgIpc) is 2.76. The van der Waals surface area contributed by atoms with E-state index in [9.17, 15) is 0 Å². The molecule has 6 heteroatoms. The summed E-state index contributed by atoms with van der Waals surface area (Å²) in [6, 6.07) is 19.8. The summed E-state index contributed by atoms with van der Waals surface area (Å²) in [5.74, 6) is 1.68. The zero-order valence-electron chi connectivity index (χ0n) is 16.7. The van der Waals surface area contributed by atoms with Gasteiger partial charge >= 0.3 is 0 Å². The van der Waals surface area contributed by atoms with E-state index in [1.165, 1.54) is 0 Å². The van der Waals surface area contributed by atoms with Crippen molar-refractivity contribution in [2.75, 3.05) is 19.0 Å². The molecule has 0 atom stereocenters. The molecule has 0 spiro atoms. The van der Waals surface area contributed by atoms with Crippen LogP contribution in [0.2, 0.25) is 0 Å². The van der Waals surface area contributed by atoms with Crippen LogP contribution < -0.4 is 14.8 Å². The summed E-state index contributed by atoms with van der Waals surface area (Å²) in [7, 11) is 1.65. The van der Waals surface area contributed by atoms with Gasteiger partial charge in [-0.25, -0.2) is 0 Å². The first-order valence-corrected chi connectivity index (χ1v) is 9.89. The summed E-state index contributed by atoms with van der Waals surface area (Å²) in [4.78, 5) is 6.34. The molecule has 29 heavy (non-hydrogen) atoms. The Hall–Kier alpha value is -3.12. The van der Waals surface area contributed by atoms with Gasteiger partial charge in [0, 0.05) is 31.2 Å². The number of anilines is 1. The second-order valence-electron chi connectivity index (χ2n) is 6.45. The molecule has 3 aromatic rings. The normalized spacial score (nSPS) is 10.3. The molecule has 0 saturated carbocycles. The molecule has 2 aromatic carbocycles. The van der Waals surface area contributed by atoms with Crippen molar-refractivity contribution in [1.82, 2.24) is 9.88 Å². The number of pyridine rings is 1. The van der Waals surface area contributed by atoms with Crippen LogP contribution in [0, 0.1) is 0 Å². The Labute approximate surface area is 177 Å². The van der Waals surface area contributed by atoms with Gasteiger partial charge in [-0.3, -0.25) is 4.98 Å². The summed E-state index contributed by atoms with van der Waals surface area (Å²) in [5.41, 5.74) is 3.16. The van der Waals surface area contributed by atoms with E-state index in [0.717, 1.165) is 28.3 Å². The number of thiocarbonyl (C=S) groups is 1. The van der Waals surface area contributed by atoms with Crippen LogP contribution in [0.5, 0.6) is 11.5 Å². The van der Waals surface area contributed by atoms with Crippen LogP contribution in [0.25, 0.3) is 0 Å². The lowest BCUT2D eigenvalue weighted by Gasteiger charge is -2.26. The molecule has 0 bridgehead atoms. The molecule has 1 N–H and O–H groups in total. The minimum Gasteiger partial charge on any atom is -0.497 e. The van der Waals surface area contributed by atoms with Crippen LogP contribution >= 0.6 is 12.2 Å². The van der Waals surface area contributed by atoms with E-state index in [0.29, 0.717) is 24.8 Å². The Balaban J connectivity index is 1.74. The molecule has 0 fully saturated rings. The lowest BCUT2D eigenvalue weighted by atomic mass is 10.2. The Morgan fingerprint density at radius 1 is 0.966 bits per heavy atom. The second-order valence-corrected chi connectivity index (χ2v) is 6.84. The van der Waals surface area contributed by atoms with Crippen LogP contribution in [0.15, 0.2) is 73.1 Å². The molecule has 1 aromatic heterocycles. The zero-order chi connectivity index (χ0) is 20.5. The number of methoxy groups -OCH3 is 1. The van der Waals surface area contributed by atoms with Gasteiger partial charge in [-0.05, 0) is 72.7 Å². The fourth-order valence-electron chi connectivity index (χ4n) is 2.87. The van der Waals surface area contributed by atoms with Crippen LogP contribution in [0.1, 0.15) is 18.1 Å². The van der Waals surface area contributed by atoms with Gasteiger partial charge in [-0.2, -0.15) is 0 Å². The first kappa shape index (κ1) is 20.6. The van der Waals surface area contributed by atoms with Crippen LogP contribution in [0.3, 0.4) is 0 Å². The number of benzene rings is 2. The van der Waals surface area contributed by atoms with Crippen molar-refractivity contribution in [2.45, 2.75) is 20.0 Å². The molecule has 0 aliphatic rings. The van der Waals surface area contributed by atoms with Gasteiger partial charge in [-0.15, -0.1) is 0 Å². The standard InChI is InChI=1S/C23H25N3O2S/c1-3-28-22-10-6-18(7-11-22)16-26(17-19-5-4-14-24-15-19)23(29)25-20-8-12-21(27-2)13-9-20/h4-15H,3,16-17H2,1-2H3,(H,25,29). The van der Waals surface area contributed by atoms with Crippen LogP contribution in [0.4, 0.5) is 5.69 Å². The van der Waals surface area contributed by atoms with Crippen LogP contribution in [-0.4, -0.2) is 28.7 Å². The Morgan fingerprint density at radius 3 is 2.28 bits per heavy atom. The third-order valence-corrected chi connectivity index (χ3v) is 4.69. The first-order chi connectivity index (χ1) is 14.2. The molecule has 0 radical (unpaired) electrons. The smallest absolute Gasteiger partial charge is 0.174 e. The van der Waals surface area contributed by atoms with E-state index in [-0.39, 0.29) is 0 Å². The molecule has 0 amide bonds. The number of aromatic nitrogens is 1. The topological polar surface area (TPSA) is 46.6 Å². The van der Waals surface area contributed by atoms with Gasteiger partial charge in [0.1, 0.15) is 11.5 Å². The predicted octanol–water partition coefficient (Wildman–Crippen LogP) is 4.89. The highest BCUT2D eigenvalue weighted by atomic mass is 32.1. The summed E-state index contributed by atoms with van der Waals surface area (Å²) in [6.45, 7) is 3.96. The van der Waals surface area contributed by atoms with E-state index in [4.69, 9.17) is 21.7 Å². The molecule has 0 saturated heterocycles. The molecular weight excluding hydrogens is 382 g/mol. The highest BCUT2D eigenvalue weighted by Gasteiger charge is 2.12. The Morgan fingerprint density at radius 2 is 1.66 bits per heavy atom. The average molecular weight is 408 g/mol. The number of rotatable bonds is 8. The summed E-state index contributed by atoms with van der Waals surface area (Å²) >= 11 is 5.72. The van der Waals surface area contributed by atoms with Gasteiger partial charge < -0.3 is 19.7 Å². The Kier molecular flexibility index (Phi) is 7.41. The van der Waals surface area contributed by atoms with E-state index < -0.39 is 0 Å². The molecular formula is C23H25N3O2S. The molecule has 0 unspecified atom stereocenters. The third-order valence-electron chi connectivity index (χ3n) is 4.33. The number of nitrogens with one attached hydrogen (secondary N) is 1. The van der Waals surface area contributed by atoms with Gasteiger partial charge in [-0.1, -0.05) is 18.2 Å². The number of nitrogens with zero attached hydrogens (tertiary/aromatic N) is 2. The van der Waals surface area contributed by atoms with Crippen molar-refractivity contribution in [3.63, 3.8) is 0 Å². The maximum Gasteiger partial charge on any atom is 0.174 e.